The Hall–Kier alpha value is -2.84. The molecular weight excluding hydrogens is 427 g/mol. The lowest BCUT2D eigenvalue weighted by atomic mass is 10.2. The van der Waals surface area contributed by atoms with Crippen LogP contribution in [-0.4, -0.2) is 49.3 Å². The van der Waals surface area contributed by atoms with Gasteiger partial charge in [0.15, 0.2) is 13.2 Å². The normalized spacial score (nSPS) is 11.5. The third kappa shape index (κ3) is 9.23. The van der Waals surface area contributed by atoms with Crippen LogP contribution in [0.15, 0.2) is 42.5 Å². The molecule has 1 atom stereocenters. The lowest BCUT2D eigenvalue weighted by Crippen LogP contribution is -2.37. The second-order valence-corrected chi connectivity index (χ2v) is 7.15. The second kappa shape index (κ2) is 12.8. The van der Waals surface area contributed by atoms with E-state index in [-0.39, 0.29) is 49.4 Å². The van der Waals surface area contributed by atoms with Crippen LogP contribution in [0.4, 0.5) is 4.39 Å². The predicted octanol–water partition coefficient (Wildman–Crippen LogP) is 2.48. The molecule has 0 aliphatic heterocycles. The van der Waals surface area contributed by atoms with E-state index in [2.05, 4.69) is 17.6 Å². The van der Waals surface area contributed by atoms with E-state index in [1.54, 1.807) is 0 Å². The van der Waals surface area contributed by atoms with Crippen molar-refractivity contribution in [1.82, 2.24) is 10.6 Å². The van der Waals surface area contributed by atoms with Crippen molar-refractivity contribution in [3.63, 3.8) is 0 Å². The van der Waals surface area contributed by atoms with Gasteiger partial charge in [-0.2, -0.15) is 0 Å². The van der Waals surface area contributed by atoms with E-state index in [1.165, 1.54) is 17.7 Å². The number of aliphatic hydroxyl groups is 1. The van der Waals surface area contributed by atoms with Crippen molar-refractivity contribution >= 4 is 23.4 Å². The molecule has 0 fully saturated rings. The summed E-state index contributed by atoms with van der Waals surface area (Å²) in [5.41, 5.74) is 1.18. The molecule has 7 nitrogen and oxygen atoms in total. The van der Waals surface area contributed by atoms with E-state index in [1.807, 2.05) is 24.3 Å². The number of benzene rings is 2. The highest BCUT2D eigenvalue weighted by Crippen LogP contribution is 2.20. The summed E-state index contributed by atoms with van der Waals surface area (Å²) in [5.74, 6) is -0.639. The fourth-order valence-corrected chi connectivity index (χ4v) is 2.62. The average molecular weight is 453 g/mol. The Labute approximate surface area is 185 Å². The number of aryl methyl sites for hydroxylation is 1. The Bertz CT molecular complexity index is 863. The summed E-state index contributed by atoms with van der Waals surface area (Å²) < 4.78 is 23.9. The van der Waals surface area contributed by atoms with Crippen molar-refractivity contribution < 1.29 is 28.6 Å². The minimum Gasteiger partial charge on any atom is -0.484 e. The lowest BCUT2D eigenvalue weighted by Gasteiger charge is -2.13. The molecule has 0 unspecified atom stereocenters. The van der Waals surface area contributed by atoms with Crippen molar-refractivity contribution in [1.29, 1.82) is 0 Å². The second-order valence-electron chi connectivity index (χ2n) is 6.75. The van der Waals surface area contributed by atoms with Crippen LogP contribution in [0.3, 0.4) is 0 Å². The average Bonchev–Trinajstić information content (AvgIpc) is 2.77. The molecule has 2 amide bonds. The summed E-state index contributed by atoms with van der Waals surface area (Å²) in [6.07, 6.45) is 0.332. The molecule has 0 aromatic heterocycles. The molecule has 0 aliphatic rings. The van der Waals surface area contributed by atoms with Gasteiger partial charge >= 0.3 is 0 Å². The maximum absolute atomic E-state index is 13.3. The molecule has 168 valence electrons. The van der Waals surface area contributed by atoms with E-state index in [0.717, 1.165) is 12.5 Å². The fourth-order valence-electron chi connectivity index (χ4n) is 2.50. The van der Waals surface area contributed by atoms with Gasteiger partial charge in [0.1, 0.15) is 17.3 Å². The summed E-state index contributed by atoms with van der Waals surface area (Å²) in [7, 11) is 0. The molecule has 0 bridgehead atoms. The standard InChI is InChI=1S/C22H26ClFN2O5/c1-2-15-3-5-17(6-4-15)30-13-21(28)25-10-9-16(27)12-26-22(29)14-31-18-7-8-19(23)20(24)11-18/h3-8,11,16,27H,2,9-10,12-14H2,1H3,(H,25,28)(H,26,29)/t16-/m0/s1. The van der Waals surface area contributed by atoms with Gasteiger partial charge in [0.2, 0.25) is 0 Å². The van der Waals surface area contributed by atoms with Gasteiger partial charge in [0, 0.05) is 19.2 Å². The zero-order chi connectivity index (χ0) is 22.6. The molecule has 2 rings (SSSR count). The van der Waals surface area contributed by atoms with Gasteiger partial charge in [-0.05, 0) is 42.7 Å². The number of carbonyl (C=O) groups is 2. The Kier molecular flexibility index (Phi) is 10.1. The monoisotopic (exact) mass is 452 g/mol. The molecule has 0 spiro atoms. The zero-order valence-electron chi connectivity index (χ0n) is 17.2. The first-order valence-corrected chi connectivity index (χ1v) is 10.3. The Morgan fingerprint density at radius 2 is 1.65 bits per heavy atom. The minimum absolute atomic E-state index is 0.00663. The first-order valence-electron chi connectivity index (χ1n) is 9.88. The first-order chi connectivity index (χ1) is 14.9. The molecule has 0 radical (unpaired) electrons. The molecule has 0 saturated carbocycles. The smallest absolute Gasteiger partial charge is 0.258 e. The topological polar surface area (TPSA) is 96.9 Å². The van der Waals surface area contributed by atoms with Crippen LogP contribution in [0, 0.1) is 5.82 Å². The van der Waals surface area contributed by atoms with Crippen molar-refractivity contribution in [2.24, 2.45) is 0 Å². The van der Waals surface area contributed by atoms with Crippen molar-refractivity contribution in [2.45, 2.75) is 25.9 Å². The molecular formula is C22H26ClFN2O5. The summed E-state index contributed by atoms with van der Waals surface area (Å²) in [4.78, 5) is 23.6. The van der Waals surface area contributed by atoms with Crippen LogP contribution in [0.2, 0.25) is 5.02 Å². The van der Waals surface area contributed by atoms with Gasteiger partial charge in [0.25, 0.3) is 11.8 Å². The third-order valence-corrected chi connectivity index (χ3v) is 4.60. The molecule has 0 heterocycles. The van der Waals surface area contributed by atoms with E-state index in [9.17, 15) is 19.1 Å². The maximum Gasteiger partial charge on any atom is 0.258 e. The lowest BCUT2D eigenvalue weighted by molar-refractivity contribution is -0.124. The van der Waals surface area contributed by atoms with Crippen LogP contribution in [0.1, 0.15) is 18.9 Å². The third-order valence-electron chi connectivity index (χ3n) is 4.30. The summed E-state index contributed by atoms with van der Waals surface area (Å²) in [5, 5.41) is 15.0. The van der Waals surface area contributed by atoms with Gasteiger partial charge in [-0.15, -0.1) is 0 Å². The predicted molar refractivity (Wildman–Crippen MR) is 115 cm³/mol. The van der Waals surface area contributed by atoms with Gasteiger partial charge < -0.3 is 25.2 Å². The summed E-state index contributed by atoms with van der Waals surface area (Å²) in [6.45, 7) is 1.82. The number of hydrogen-bond donors (Lipinski definition) is 3. The Morgan fingerprint density at radius 1 is 1.03 bits per heavy atom. The van der Waals surface area contributed by atoms with Gasteiger partial charge in [-0.25, -0.2) is 4.39 Å². The van der Waals surface area contributed by atoms with Gasteiger partial charge in [-0.1, -0.05) is 30.7 Å². The van der Waals surface area contributed by atoms with Gasteiger partial charge in [0.05, 0.1) is 11.1 Å². The fraction of sp³-hybridized carbons (Fsp3) is 0.364. The molecule has 9 heteroatoms. The molecule has 31 heavy (non-hydrogen) atoms. The summed E-state index contributed by atoms with van der Waals surface area (Å²) in [6, 6.07) is 11.4. The Balaban J connectivity index is 1.56. The molecule has 0 saturated heterocycles. The van der Waals surface area contributed by atoms with Crippen LogP contribution >= 0.6 is 11.6 Å². The van der Waals surface area contributed by atoms with E-state index in [4.69, 9.17) is 21.1 Å². The number of halogens is 2. The SMILES string of the molecule is CCc1ccc(OCC(=O)NCC[C@H](O)CNC(=O)COc2ccc(Cl)c(F)c2)cc1. The highest BCUT2D eigenvalue weighted by atomic mass is 35.5. The molecule has 0 aliphatic carbocycles. The van der Waals surface area contributed by atoms with Crippen LogP contribution in [0.25, 0.3) is 0 Å². The number of carbonyl (C=O) groups excluding carboxylic acids is 2. The van der Waals surface area contributed by atoms with Crippen molar-refractivity contribution in [3.05, 3.63) is 58.9 Å². The van der Waals surface area contributed by atoms with E-state index in [0.29, 0.717) is 5.75 Å². The molecule has 2 aromatic rings. The molecule has 3 N–H and O–H groups in total. The number of nitrogens with one attached hydrogen (secondary N) is 2. The van der Waals surface area contributed by atoms with Crippen LogP contribution < -0.4 is 20.1 Å². The van der Waals surface area contributed by atoms with Crippen molar-refractivity contribution in [2.75, 3.05) is 26.3 Å². The highest BCUT2D eigenvalue weighted by molar-refractivity contribution is 6.30. The number of rotatable bonds is 12. The highest BCUT2D eigenvalue weighted by Gasteiger charge is 2.10. The van der Waals surface area contributed by atoms with Crippen molar-refractivity contribution in [3.8, 4) is 11.5 Å². The number of hydrogen-bond acceptors (Lipinski definition) is 5. The quantitative estimate of drug-likeness (QED) is 0.459. The maximum atomic E-state index is 13.3. The van der Waals surface area contributed by atoms with E-state index >= 15 is 0 Å². The number of aliphatic hydroxyl groups excluding tert-OH is 1. The largest absolute Gasteiger partial charge is 0.484 e. The summed E-state index contributed by atoms with van der Waals surface area (Å²) >= 11 is 5.57. The van der Waals surface area contributed by atoms with Crippen LogP contribution in [-0.2, 0) is 16.0 Å². The first kappa shape index (κ1) is 24.4. The van der Waals surface area contributed by atoms with E-state index < -0.39 is 17.8 Å². The van der Waals surface area contributed by atoms with Gasteiger partial charge in [-0.3, -0.25) is 9.59 Å². The van der Waals surface area contributed by atoms with Crippen LogP contribution in [0.5, 0.6) is 11.5 Å². The minimum atomic E-state index is -0.847. The number of amides is 2. The zero-order valence-corrected chi connectivity index (χ0v) is 18.0. The Morgan fingerprint density at radius 3 is 2.29 bits per heavy atom. The number of ether oxygens (including phenoxy) is 2. The molecule has 2 aromatic carbocycles.